The Morgan fingerprint density at radius 3 is 2.43 bits per heavy atom. The van der Waals surface area contributed by atoms with Crippen LogP contribution < -0.4 is 15.8 Å². The topological polar surface area (TPSA) is 162 Å². The first-order valence-corrected chi connectivity index (χ1v) is 8.68. The molecule has 1 aliphatic rings. The van der Waals surface area contributed by atoms with Crippen LogP contribution in [0.25, 0.3) is 0 Å². The van der Waals surface area contributed by atoms with E-state index in [9.17, 15) is 29.3 Å². The van der Waals surface area contributed by atoms with Gasteiger partial charge in [0.25, 0.3) is 23.4 Å². The maximum atomic E-state index is 12.7. The van der Waals surface area contributed by atoms with Gasteiger partial charge in [-0.1, -0.05) is 6.07 Å². The number of carbonyl (C=O) groups is 4. The normalized spacial score (nSPS) is 13.6. The number of anilines is 1. The molecule has 30 heavy (non-hydrogen) atoms. The van der Waals surface area contributed by atoms with Crippen molar-refractivity contribution in [3.05, 3.63) is 63.7 Å². The fraction of sp³-hybridized carbons (Fsp3) is 0.158. The predicted octanol–water partition coefficient (Wildman–Crippen LogP) is 1.08. The number of ether oxygens (including phenoxy) is 1. The highest BCUT2D eigenvalue weighted by Gasteiger charge is 2.44. The Kier molecular flexibility index (Phi) is 5.45. The van der Waals surface area contributed by atoms with Crippen LogP contribution in [0.4, 0.5) is 11.4 Å². The fourth-order valence-electron chi connectivity index (χ4n) is 2.94. The standard InChI is InChI=1S/C19H16N4O7/c1-10(17(25)21-11-5-7-12(8-6-11)30-9-15(20)24)22-18(26)13-3-2-4-14(23(28)29)16(13)19(22)27/h2-8,10H,9H2,1H3,(H2,20,24)(H,21,25). The number of primary amides is 1. The summed E-state index contributed by atoms with van der Waals surface area (Å²) in [6.07, 6.45) is 0. The molecule has 0 radical (unpaired) electrons. The van der Waals surface area contributed by atoms with Gasteiger partial charge in [0, 0.05) is 11.8 Å². The van der Waals surface area contributed by atoms with E-state index in [0.29, 0.717) is 16.3 Å². The lowest BCUT2D eigenvalue weighted by atomic mass is 10.1. The highest BCUT2D eigenvalue weighted by Crippen LogP contribution is 2.32. The van der Waals surface area contributed by atoms with E-state index in [1.165, 1.54) is 43.3 Å². The Labute approximate surface area is 169 Å². The van der Waals surface area contributed by atoms with Crippen LogP contribution in [-0.4, -0.2) is 46.1 Å². The Morgan fingerprint density at radius 1 is 1.17 bits per heavy atom. The summed E-state index contributed by atoms with van der Waals surface area (Å²) in [4.78, 5) is 59.7. The molecule has 3 rings (SSSR count). The quantitative estimate of drug-likeness (QED) is 0.390. The zero-order valence-corrected chi connectivity index (χ0v) is 15.7. The molecule has 1 unspecified atom stereocenters. The van der Waals surface area contributed by atoms with Crippen LogP contribution in [0.2, 0.25) is 0 Å². The molecule has 2 aromatic carbocycles. The number of amides is 4. The van der Waals surface area contributed by atoms with Gasteiger partial charge in [0.1, 0.15) is 17.4 Å². The molecule has 11 heteroatoms. The second-order valence-corrected chi connectivity index (χ2v) is 6.38. The summed E-state index contributed by atoms with van der Waals surface area (Å²) in [6.45, 7) is 1.04. The molecule has 0 saturated carbocycles. The van der Waals surface area contributed by atoms with Crippen molar-refractivity contribution in [3.8, 4) is 5.75 Å². The maximum Gasteiger partial charge on any atom is 0.282 e. The van der Waals surface area contributed by atoms with Gasteiger partial charge in [-0.15, -0.1) is 0 Å². The lowest BCUT2D eigenvalue weighted by molar-refractivity contribution is -0.385. The second kappa shape index (κ2) is 7.99. The van der Waals surface area contributed by atoms with E-state index in [0.717, 1.165) is 6.07 Å². The molecule has 3 N–H and O–H groups in total. The van der Waals surface area contributed by atoms with E-state index in [1.807, 2.05) is 0 Å². The average molecular weight is 412 g/mol. The third-order valence-corrected chi connectivity index (χ3v) is 4.39. The molecule has 11 nitrogen and oxygen atoms in total. The van der Waals surface area contributed by atoms with Gasteiger partial charge in [0.2, 0.25) is 5.91 Å². The minimum Gasteiger partial charge on any atom is -0.484 e. The van der Waals surface area contributed by atoms with Crippen molar-refractivity contribution in [1.29, 1.82) is 0 Å². The Bertz CT molecular complexity index is 1070. The van der Waals surface area contributed by atoms with Gasteiger partial charge >= 0.3 is 0 Å². The summed E-state index contributed by atoms with van der Waals surface area (Å²) < 4.78 is 5.11. The summed E-state index contributed by atoms with van der Waals surface area (Å²) in [7, 11) is 0. The molecule has 0 fully saturated rings. The minimum atomic E-state index is -1.22. The van der Waals surface area contributed by atoms with Crippen LogP contribution in [0, 0.1) is 10.1 Å². The molecule has 1 aliphatic heterocycles. The second-order valence-electron chi connectivity index (χ2n) is 6.38. The summed E-state index contributed by atoms with van der Waals surface area (Å²) in [6, 6.07) is 8.49. The first-order valence-electron chi connectivity index (χ1n) is 8.68. The van der Waals surface area contributed by atoms with Gasteiger partial charge in [0.15, 0.2) is 6.61 Å². The molecule has 1 heterocycles. The first-order chi connectivity index (χ1) is 14.2. The molecule has 2 aromatic rings. The molecule has 0 saturated heterocycles. The van der Waals surface area contributed by atoms with Gasteiger partial charge in [-0.25, -0.2) is 0 Å². The van der Waals surface area contributed by atoms with Gasteiger partial charge in [-0.3, -0.25) is 34.2 Å². The number of nitrogens with zero attached hydrogens (tertiary/aromatic N) is 2. The molecule has 4 amide bonds. The van der Waals surface area contributed by atoms with E-state index in [-0.39, 0.29) is 17.7 Å². The lowest BCUT2D eigenvalue weighted by Gasteiger charge is -2.21. The Hall–Kier alpha value is -4.28. The van der Waals surface area contributed by atoms with Gasteiger partial charge < -0.3 is 15.8 Å². The number of nitrogens with one attached hydrogen (secondary N) is 1. The van der Waals surface area contributed by atoms with Crippen LogP contribution in [-0.2, 0) is 9.59 Å². The number of rotatable bonds is 7. The number of nitro benzene ring substituents is 1. The molecule has 0 bridgehead atoms. The fourth-order valence-corrected chi connectivity index (χ4v) is 2.94. The third-order valence-electron chi connectivity index (χ3n) is 4.39. The van der Waals surface area contributed by atoms with Crippen LogP contribution in [0.5, 0.6) is 5.75 Å². The van der Waals surface area contributed by atoms with Crippen molar-refractivity contribution < 1.29 is 28.8 Å². The molecule has 154 valence electrons. The number of fused-ring (bicyclic) bond motifs is 1. The van der Waals surface area contributed by atoms with Crippen molar-refractivity contribution in [2.75, 3.05) is 11.9 Å². The number of nitrogens with two attached hydrogens (primary N) is 1. The highest BCUT2D eigenvalue weighted by molar-refractivity contribution is 6.24. The van der Waals surface area contributed by atoms with Crippen LogP contribution in [0.1, 0.15) is 27.6 Å². The van der Waals surface area contributed by atoms with Gasteiger partial charge in [0.05, 0.1) is 10.5 Å². The zero-order chi connectivity index (χ0) is 22.0. The molecule has 0 aromatic heterocycles. The van der Waals surface area contributed by atoms with Crippen molar-refractivity contribution in [2.45, 2.75) is 13.0 Å². The molecule has 1 atom stereocenters. The molecule has 0 spiro atoms. The zero-order valence-electron chi connectivity index (χ0n) is 15.7. The van der Waals surface area contributed by atoms with Gasteiger partial charge in [-0.05, 0) is 37.3 Å². The van der Waals surface area contributed by atoms with Crippen molar-refractivity contribution in [3.63, 3.8) is 0 Å². The monoisotopic (exact) mass is 412 g/mol. The van der Waals surface area contributed by atoms with E-state index in [2.05, 4.69) is 5.32 Å². The third kappa shape index (κ3) is 3.81. The number of hydrogen-bond acceptors (Lipinski definition) is 7. The minimum absolute atomic E-state index is 0.121. The maximum absolute atomic E-state index is 12.7. The largest absolute Gasteiger partial charge is 0.484 e. The van der Waals surface area contributed by atoms with Crippen LogP contribution >= 0.6 is 0 Å². The summed E-state index contributed by atoms with van der Waals surface area (Å²) in [5.74, 6) is -2.63. The Balaban J connectivity index is 1.74. The Morgan fingerprint density at radius 2 is 1.83 bits per heavy atom. The van der Waals surface area contributed by atoms with Crippen LogP contribution in [0.15, 0.2) is 42.5 Å². The summed E-state index contributed by atoms with van der Waals surface area (Å²) >= 11 is 0. The average Bonchev–Trinajstić information content (AvgIpc) is 2.97. The van der Waals surface area contributed by atoms with E-state index < -0.39 is 40.3 Å². The smallest absolute Gasteiger partial charge is 0.282 e. The van der Waals surface area contributed by atoms with Crippen molar-refractivity contribution in [1.82, 2.24) is 4.90 Å². The number of imide groups is 1. The van der Waals surface area contributed by atoms with Gasteiger partial charge in [-0.2, -0.15) is 0 Å². The SMILES string of the molecule is CC(C(=O)Nc1ccc(OCC(N)=O)cc1)N1C(=O)c2cccc([N+](=O)[O-])c2C1=O. The lowest BCUT2D eigenvalue weighted by Crippen LogP contribution is -2.45. The predicted molar refractivity (Wildman–Crippen MR) is 103 cm³/mol. The molecular weight excluding hydrogens is 396 g/mol. The molecular formula is C19H16N4O7. The van der Waals surface area contributed by atoms with E-state index >= 15 is 0 Å². The highest BCUT2D eigenvalue weighted by atomic mass is 16.6. The van der Waals surface area contributed by atoms with Crippen molar-refractivity contribution >= 4 is 35.0 Å². The number of benzene rings is 2. The first kappa shape index (κ1) is 20.5. The number of hydrogen-bond donors (Lipinski definition) is 2. The summed E-state index contributed by atoms with van der Waals surface area (Å²) in [5, 5.41) is 13.7. The number of nitro groups is 1. The van der Waals surface area contributed by atoms with Crippen LogP contribution in [0.3, 0.4) is 0 Å². The van der Waals surface area contributed by atoms with Crippen molar-refractivity contribution in [2.24, 2.45) is 5.73 Å². The van der Waals surface area contributed by atoms with E-state index in [1.54, 1.807) is 0 Å². The summed E-state index contributed by atoms with van der Waals surface area (Å²) in [5.41, 5.74) is 4.40. The van der Waals surface area contributed by atoms with E-state index in [4.69, 9.17) is 10.5 Å². The molecule has 0 aliphatic carbocycles. The number of carbonyl (C=O) groups excluding carboxylic acids is 4.